The van der Waals surface area contributed by atoms with E-state index in [9.17, 15) is 23.2 Å². The van der Waals surface area contributed by atoms with Gasteiger partial charge in [0.15, 0.2) is 11.5 Å². The van der Waals surface area contributed by atoms with Crippen LogP contribution in [-0.4, -0.2) is 30.9 Å². The third kappa shape index (κ3) is 6.51. The molecule has 3 aromatic carbocycles. The van der Waals surface area contributed by atoms with Crippen LogP contribution in [0, 0.1) is 11.3 Å². The second-order valence-corrected chi connectivity index (χ2v) is 9.16. The van der Waals surface area contributed by atoms with Crippen LogP contribution in [0.1, 0.15) is 11.1 Å². The van der Waals surface area contributed by atoms with Gasteiger partial charge in [0.05, 0.1) is 36.8 Å². The third-order valence-electron chi connectivity index (χ3n) is 5.68. The monoisotopic (exact) mass is 549 g/mol. The average molecular weight is 550 g/mol. The maximum atomic E-state index is 13.0. The number of thioether (sulfide) groups is 1. The number of halogens is 3. The van der Waals surface area contributed by atoms with Gasteiger partial charge in [-0.3, -0.25) is 4.79 Å². The smallest absolute Gasteiger partial charge is 0.416 e. The van der Waals surface area contributed by atoms with E-state index in [1.807, 2.05) is 30.3 Å². The van der Waals surface area contributed by atoms with Gasteiger partial charge in [0.1, 0.15) is 11.1 Å². The van der Waals surface area contributed by atoms with Crippen molar-refractivity contribution in [1.29, 1.82) is 5.26 Å². The third-order valence-corrected chi connectivity index (χ3v) is 6.65. The fourth-order valence-corrected chi connectivity index (χ4v) is 4.63. The van der Waals surface area contributed by atoms with Crippen LogP contribution >= 0.6 is 11.8 Å². The Morgan fingerprint density at radius 3 is 2.36 bits per heavy atom. The maximum absolute atomic E-state index is 13.0. The number of pyridine rings is 1. The van der Waals surface area contributed by atoms with Crippen molar-refractivity contribution in [2.75, 3.05) is 25.3 Å². The normalized spacial score (nSPS) is 11.0. The number of alkyl halides is 3. The molecule has 0 aliphatic carbocycles. The Balaban J connectivity index is 1.69. The first-order valence-corrected chi connectivity index (χ1v) is 12.5. The van der Waals surface area contributed by atoms with E-state index in [-0.39, 0.29) is 17.0 Å². The number of methoxy groups -OCH3 is 2. The summed E-state index contributed by atoms with van der Waals surface area (Å²) < 4.78 is 49.9. The molecule has 0 fully saturated rings. The molecular weight excluding hydrogens is 527 g/mol. The molecule has 6 nitrogen and oxygen atoms in total. The van der Waals surface area contributed by atoms with E-state index in [1.54, 1.807) is 24.3 Å². The van der Waals surface area contributed by atoms with Gasteiger partial charge in [0, 0.05) is 16.8 Å². The standard InChI is InChI=1S/C29H22F3N3O3S/c1-37-25-12-11-19(13-26(25)38-2)22-15-24(18-7-4-3-5-8-18)35-28(23(22)16-33)39-17-27(36)34-21-10-6-9-20(14-21)29(30,31)32/h3-15H,17H2,1-2H3,(H,34,36). The number of aromatic nitrogens is 1. The molecule has 198 valence electrons. The SMILES string of the molecule is COc1ccc(-c2cc(-c3ccccc3)nc(SCC(=O)Nc3cccc(C(F)(F)F)c3)c2C#N)cc1OC. The zero-order chi connectivity index (χ0) is 28.0. The summed E-state index contributed by atoms with van der Waals surface area (Å²) >= 11 is 1.02. The molecule has 0 saturated carbocycles. The van der Waals surface area contributed by atoms with E-state index in [4.69, 9.17) is 9.47 Å². The molecule has 39 heavy (non-hydrogen) atoms. The Kier molecular flexibility index (Phi) is 8.42. The predicted octanol–water partition coefficient (Wildman–Crippen LogP) is 7.05. The van der Waals surface area contributed by atoms with Gasteiger partial charge in [0.2, 0.25) is 5.91 Å². The number of carbonyl (C=O) groups is 1. The van der Waals surface area contributed by atoms with Gasteiger partial charge >= 0.3 is 6.18 Å². The Labute approximate surface area is 227 Å². The van der Waals surface area contributed by atoms with E-state index < -0.39 is 17.6 Å². The molecular formula is C29H22F3N3O3S. The van der Waals surface area contributed by atoms with E-state index in [2.05, 4.69) is 16.4 Å². The minimum Gasteiger partial charge on any atom is -0.493 e. The molecule has 1 N–H and O–H groups in total. The van der Waals surface area contributed by atoms with E-state index in [1.165, 1.54) is 26.4 Å². The van der Waals surface area contributed by atoms with Gasteiger partial charge in [-0.25, -0.2) is 4.98 Å². The van der Waals surface area contributed by atoms with Gasteiger partial charge in [-0.05, 0) is 42.0 Å². The fraction of sp³-hybridized carbons (Fsp3) is 0.138. The Morgan fingerprint density at radius 1 is 0.949 bits per heavy atom. The lowest BCUT2D eigenvalue weighted by atomic mass is 9.99. The molecule has 0 atom stereocenters. The van der Waals surface area contributed by atoms with Gasteiger partial charge in [-0.2, -0.15) is 18.4 Å². The molecule has 0 unspecified atom stereocenters. The van der Waals surface area contributed by atoms with Crippen molar-refractivity contribution in [3.8, 4) is 40.0 Å². The summed E-state index contributed by atoms with van der Waals surface area (Å²) in [6, 6.07) is 23.0. The molecule has 0 spiro atoms. The second kappa shape index (κ2) is 11.9. The summed E-state index contributed by atoms with van der Waals surface area (Å²) in [5.74, 6) is 0.286. The highest BCUT2D eigenvalue weighted by Gasteiger charge is 2.30. The number of carbonyl (C=O) groups excluding carboxylic acids is 1. The molecule has 0 radical (unpaired) electrons. The molecule has 0 aliphatic heterocycles. The van der Waals surface area contributed by atoms with Gasteiger partial charge < -0.3 is 14.8 Å². The van der Waals surface area contributed by atoms with Crippen LogP contribution in [0.25, 0.3) is 22.4 Å². The zero-order valence-corrected chi connectivity index (χ0v) is 21.7. The summed E-state index contributed by atoms with van der Waals surface area (Å²) in [5.41, 5.74) is 2.05. The summed E-state index contributed by atoms with van der Waals surface area (Å²) in [6.07, 6.45) is -4.53. The number of hydrogen-bond donors (Lipinski definition) is 1. The van der Waals surface area contributed by atoms with Crippen LogP contribution < -0.4 is 14.8 Å². The van der Waals surface area contributed by atoms with Crippen LogP contribution in [0.15, 0.2) is 83.9 Å². The zero-order valence-electron chi connectivity index (χ0n) is 20.9. The molecule has 10 heteroatoms. The van der Waals surface area contributed by atoms with Crippen LogP contribution in [0.2, 0.25) is 0 Å². The van der Waals surface area contributed by atoms with Gasteiger partial charge in [-0.1, -0.05) is 54.2 Å². The van der Waals surface area contributed by atoms with Crippen molar-refractivity contribution in [2.45, 2.75) is 11.2 Å². The van der Waals surface area contributed by atoms with E-state index >= 15 is 0 Å². The summed E-state index contributed by atoms with van der Waals surface area (Å²) in [7, 11) is 3.04. The molecule has 0 saturated heterocycles. The number of ether oxygens (including phenoxy) is 2. The lowest BCUT2D eigenvalue weighted by Crippen LogP contribution is -2.15. The van der Waals surface area contributed by atoms with Crippen LogP contribution in [0.5, 0.6) is 11.5 Å². The van der Waals surface area contributed by atoms with Crippen molar-refractivity contribution in [1.82, 2.24) is 4.98 Å². The second-order valence-electron chi connectivity index (χ2n) is 8.20. The Bertz CT molecular complexity index is 1540. The lowest BCUT2D eigenvalue weighted by molar-refractivity contribution is -0.137. The molecule has 4 aromatic rings. The highest BCUT2D eigenvalue weighted by Crippen LogP contribution is 2.38. The number of anilines is 1. The van der Waals surface area contributed by atoms with Crippen molar-refractivity contribution < 1.29 is 27.4 Å². The Morgan fingerprint density at radius 2 is 1.69 bits per heavy atom. The van der Waals surface area contributed by atoms with Crippen molar-refractivity contribution >= 4 is 23.4 Å². The average Bonchev–Trinajstić information content (AvgIpc) is 2.95. The van der Waals surface area contributed by atoms with Crippen LogP contribution in [-0.2, 0) is 11.0 Å². The van der Waals surface area contributed by atoms with Gasteiger partial charge in [0.25, 0.3) is 0 Å². The molecule has 0 bridgehead atoms. The highest BCUT2D eigenvalue weighted by atomic mass is 32.2. The van der Waals surface area contributed by atoms with Crippen molar-refractivity contribution in [3.05, 3.63) is 90.0 Å². The van der Waals surface area contributed by atoms with E-state index in [0.29, 0.717) is 33.3 Å². The topological polar surface area (TPSA) is 84.2 Å². The van der Waals surface area contributed by atoms with Crippen LogP contribution in [0.4, 0.5) is 18.9 Å². The number of amides is 1. The molecule has 1 heterocycles. The maximum Gasteiger partial charge on any atom is 0.416 e. The molecule has 1 amide bonds. The van der Waals surface area contributed by atoms with Gasteiger partial charge in [-0.15, -0.1) is 0 Å². The number of rotatable bonds is 8. The minimum atomic E-state index is -4.53. The number of hydrogen-bond acceptors (Lipinski definition) is 6. The Hall–Kier alpha value is -4.49. The first-order valence-electron chi connectivity index (χ1n) is 11.6. The lowest BCUT2D eigenvalue weighted by Gasteiger charge is -2.14. The highest BCUT2D eigenvalue weighted by molar-refractivity contribution is 8.00. The van der Waals surface area contributed by atoms with Crippen LogP contribution in [0.3, 0.4) is 0 Å². The number of nitrogens with one attached hydrogen (secondary N) is 1. The van der Waals surface area contributed by atoms with E-state index in [0.717, 1.165) is 29.5 Å². The van der Waals surface area contributed by atoms with Crippen molar-refractivity contribution in [2.24, 2.45) is 0 Å². The molecule has 4 rings (SSSR count). The number of nitriles is 1. The van der Waals surface area contributed by atoms with Crippen molar-refractivity contribution in [3.63, 3.8) is 0 Å². The summed E-state index contributed by atoms with van der Waals surface area (Å²) in [4.78, 5) is 17.3. The largest absolute Gasteiger partial charge is 0.493 e. The number of nitrogens with zero attached hydrogens (tertiary/aromatic N) is 2. The minimum absolute atomic E-state index is 0.0212. The molecule has 1 aromatic heterocycles. The first kappa shape index (κ1) is 27.5. The summed E-state index contributed by atoms with van der Waals surface area (Å²) in [5, 5.41) is 12.9. The molecule has 0 aliphatic rings. The first-order chi connectivity index (χ1) is 18.7. The quantitative estimate of drug-likeness (QED) is 0.237. The number of benzene rings is 3. The summed E-state index contributed by atoms with van der Waals surface area (Å²) in [6.45, 7) is 0. The fourth-order valence-electron chi connectivity index (χ4n) is 3.83. The predicted molar refractivity (Wildman–Crippen MR) is 144 cm³/mol.